The van der Waals surface area contributed by atoms with Gasteiger partial charge in [-0.15, -0.1) is 0 Å². The Morgan fingerprint density at radius 3 is 2.38 bits per heavy atom. The van der Waals surface area contributed by atoms with Crippen molar-refractivity contribution in [2.75, 3.05) is 26.4 Å². The molecule has 7 nitrogen and oxygen atoms in total. The first-order valence-electron chi connectivity index (χ1n) is 4.63. The number of hydrogen-bond acceptors (Lipinski definition) is 4. The number of carboxylic acid groups (broad SMARTS) is 1. The molecule has 0 radical (unpaired) electrons. The summed E-state index contributed by atoms with van der Waals surface area (Å²) < 4.78 is 22.8. The molecule has 0 saturated heterocycles. The number of carbonyl (C=O) groups excluding carboxylic acids is 1. The van der Waals surface area contributed by atoms with Crippen LogP contribution in [0.5, 0.6) is 0 Å². The van der Waals surface area contributed by atoms with E-state index < -0.39 is 21.9 Å². The van der Waals surface area contributed by atoms with E-state index in [2.05, 4.69) is 5.32 Å². The normalized spacial score (nSPS) is 11.4. The summed E-state index contributed by atoms with van der Waals surface area (Å²) in [5, 5.41) is 10.8. The van der Waals surface area contributed by atoms with E-state index in [1.165, 1.54) is 7.05 Å². The maximum Gasteiger partial charge on any atom is 0.303 e. The topological polar surface area (TPSA) is 104 Å². The van der Waals surface area contributed by atoms with Crippen LogP contribution in [0.25, 0.3) is 0 Å². The average Bonchev–Trinajstić information content (AvgIpc) is 2.10. The van der Waals surface area contributed by atoms with Crippen molar-refractivity contribution in [2.45, 2.75) is 12.8 Å². The molecule has 0 heterocycles. The number of nitrogens with zero attached hydrogens (tertiary/aromatic N) is 1. The van der Waals surface area contributed by atoms with Crippen molar-refractivity contribution in [3.8, 4) is 0 Å². The zero-order valence-corrected chi connectivity index (χ0v) is 10.1. The van der Waals surface area contributed by atoms with Crippen LogP contribution >= 0.6 is 0 Å². The predicted molar refractivity (Wildman–Crippen MR) is 57.4 cm³/mol. The van der Waals surface area contributed by atoms with Gasteiger partial charge in [0.1, 0.15) is 0 Å². The summed E-state index contributed by atoms with van der Waals surface area (Å²) in [6.45, 7) is -0.0331. The molecular formula is C8H16N2O5S. The van der Waals surface area contributed by atoms with E-state index in [4.69, 9.17) is 5.11 Å². The monoisotopic (exact) mass is 252 g/mol. The van der Waals surface area contributed by atoms with Gasteiger partial charge in [0.25, 0.3) is 0 Å². The molecule has 0 saturated carbocycles. The van der Waals surface area contributed by atoms with Crippen LogP contribution in [0.15, 0.2) is 0 Å². The third kappa shape index (κ3) is 7.18. The number of carboxylic acids is 1. The lowest BCUT2D eigenvalue weighted by Crippen LogP contribution is -2.38. The highest BCUT2D eigenvalue weighted by atomic mass is 32.2. The first-order chi connectivity index (χ1) is 7.23. The highest BCUT2D eigenvalue weighted by Gasteiger charge is 2.14. The molecule has 0 atom stereocenters. The van der Waals surface area contributed by atoms with Crippen LogP contribution < -0.4 is 5.32 Å². The first-order valence-corrected chi connectivity index (χ1v) is 6.48. The maximum atomic E-state index is 11.2. The maximum absolute atomic E-state index is 11.2. The molecule has 0 aromatic heterocycles. The van der Waals surface area contributed by atoms with E-state index in [1.807, 2.05) is 0 Å². The fourth-order valence-electron chi connectivity index (χ4n) is 0.843. The fourth-order valence-corrected chi connectivity index (χ4v) is 1.19. The van der Waals surface area contributed by atoms with Gasteiger partial charge in [-0.05, 0) is 6.42 Å². The van der Waals surface area contributed by atoms with E-state index in [0.717, 1.165) is 10.6 Å². The van der Waals surface area contributed by atoms with Crippen LogP contribution in [0.1, 0.15) is 12.8 Å². The van der Waals surface area contributed by atoms with E-state index in [1.54, 1.807) is 0 Å². The minimum Gasteiger partial charge on any atom is -0.481 e. The number of aliphatic carboxylic acids is 1. The van der Waals surface area contributed by atoms with Crippen molar-refractivity contribution in [3.05, 3.63) is 0 Å². The Morgan fingerprint density at radius 2 is 1.94 bits per heavy atom. The minimum absolute atomic E-state index is 0.0256. The van der Waals surface area contributed by atoms with Gasteiger partial charge in [-0.25, -0.2) is 8.42 Å². The van der Waals surface area contributed by atoms with Crippen molar-refractivity contribution in [2.24, 2.45) is 0 Å². The fraction of sp³-hybridized carbons (Fsp3) is 0.750. The van der Waals surface area contributed by atoms with Crippen LogP contribution in [0.3, 0.4) is 0 Å². The van der Waals surface area contributed by atoms with Crippen molar-refractivity contribution in [1.29, 1.82) is 0 Å². The third-order valence-electron chi connectivity index (χ3n) is 1.82. The largest absolute Gasteiger partial charge is 0.481 e. The Hall–Kier alpha value is -1.15. The van der Waals surface area contributed by atoms with Crippen LogP contribution in [-0.4, -0.2) is 56.1 Å². The van der Waals surface area contributed by atoms with Crippen molar-refractivity contribution in [3.63, 3.8) is 0 Å². The Morgan fingerprint density at radius 1 is 1.38 bits per heavy atom. The molecule has 0 rings (SSSR count). The molecule has 0 aliphatic heterocycles. The number of rotatable bonds is 7. The molecule has 8 heteroatoms. The predicted octanol–water partition coefficient (Wildman–Crippen LogP) is -1.14. The smallest absolute Gasteiger partial charge is 0.303 e. The molecule has 1 amide bonds. The Kier molecular flexibility index (Phi) is 5.97. The summed E-state index contributed by atoms with van der Waals surface area (Å²) in [4.78, 5) is 21.3. The zero-order chi connectivity index (χ0) is 12.8. The molecule has 2 N–H and O–H groups in total. The summed E-state index contributed by atoms with van der Waals surface area (Å²) in [6, 6.07) is 0. The lowest BCUT2D eigenvalue weighted by molar-refractivity contribution is -0.137. The highest BCUT2D eigenvalue weighted by molar-refractivity contribution is 7.88. The molecule has 16 heavy (non-hydrogen) atoms. The number of likely N-dealkylation sites (N-methyl/N-ethyl adjacent to an activating group) is 1. The van der Waals surface area contributed by atoms with Crippen molar-refractivity contribution >= 4 is 21.9 Å². The van der Waals surface area contributed by atoms with Gasteiger partial charge in [-0.3, -0.25) is 9.59 Å². The molecule has 0 aromatic rings. The Labute approximate surface area is 94.5 Å². The molecular weight excluding hydrogens is 236 g/mol. The van der Waals surface area contributed by atoms with Crippen LogP contribution in [0.4, 0.5) is 0 Å². The van der Waals surface area contributed by atoms with Crippen LogP contribution in [0.2, 0.25) is 0 Å². The summed E-state index contributed by atoms with van der Waals surface area (Å²) in [7, 11) is -2.07. The van der Waals surface area contributed by atoms with Gasteiger partial charge in [0.2, 0.25) is 15.9 Å². The number of carbonyl (C=O) groups is 2. The van der Waals surface area contributed by atoms with Gasteiger partial charge in [0, 0.05) is 20.0 Å². The van der Waals surface area contributed by atoms with Gasteiger partial charge in [-0.1, -0.05) is 0 Å². The molecule has 0 bridgehead atoms. The van der Waals surface area contributed by atoms with Crippen molar-refractivity contribution < 1.29 is 23.1 Å². The van der Waals surface area contributed by atoms with Gasteiger partial charge in [-0.2, -0.15) is 4.31 Å². The van der Waals surface area contributed by atoms with E-state index in [-0.39, 0.29) is 19.5 Å². The molecule has 0 aliphatic rings. The number of hydrogen-bond donors (Lipinski definition) is 2. The molecule has 94 valence electrons. The summed E-state index contributed by atoms with van der Waals surface area (Å²) in [5.41, 5.74) is 0. The summed E-state index contributed by atoms with van der Waals surface area (Å²) in [6.07, 6.45) is 1.30. The van der Waals surface area contributed by atoms with Crippen molar-refractivity contribution in [1.82, 2.24) is 9.62 Å². The van der Waals surface area contributed by atoms with E-state index in [0.29, 0.717) is 6.42 Å². The molecule has 0 unspecified atom stereocenters. The van der Waals surface area contributed by atoms with Gasteiger partial charge >= 0.3 is 5.97 Å². The lowest BCUT2D eigenvalue weighted by atomic mass is 10.3. The second kappa shape index (κ2) is 6.44. The quantitative estimate of drug-likeness (QED) is 0.557. The van der Waals surface area contributed by atoms with E-state index in [9.17, 15) is 18.0 Å². The van der Waals surface area contributed by atoms with Crippen LogP contribution in [0, 0.1) is 0 Å². The number of amides is 1. The van der Waals surface area contributed by atoms with Gasteiger partial charge in [0.15, 0.2) is 0 Å². The van der Waals surface area contributed by atoms with E-state index >= 15 is 0 Å². The standard InChI is InChI=1S/C8H16N2O5S/c1-10(16(2,14)15)6-7(11)9-5-3-4-8(12)13/h3-6H2,1-2H3,(H,9,11)(H,12,13). The second-order valence-electron chi connectivity index (χ2n) is 3.37. The summed E-state index contributed by atoms with van der Waals surface area (Å²) in [5.74, 6) is -1.37. The number of sulfonamides is 1. The van der Waals surface area contributed by atoms with Gasteiger partial charge < -0.3 is 10.4 Å². The second-order valence-corrected chi connectivity index (χ2v) is 5.46. The average molecular weight is 252 g/mol. The lowest BCUT2D eigenvalue weighted by Gasteiger charge is -2.13. The van der Waals surface area contributed by atoms with Crippen LogP contribution in [-0.2, 0) is 19.6 Å². The third-order valence-corrected chi connectivity index (χ3v) is 3.08. The Bertz CT molecular complexity index is 351. The number of nitrogens with one attached hydrogen (secondary N) is 1. The SMILES string of the molecule is CN(CC(=O)NCCCC(=O)O)S(C)(=O)=O. The first kappa shape index (κ1) is 14.8. The minimum atomic E-state index is -3.36. The zero-order valence-electron chi connectivity index (χ0n) is 9.26. The molecule has 0 aromatic carbocycles. The highest BCUT2D eigenvalue weighted by Crippen LogP contribution is 1.92. The molecule has 0 aliphatic carbocycles. The molecule has 0 fully saturated rings. The molecule has 0 spiro atoms. The Balaban J connectivity index is 3.80. The summed E-state index contributed by atoms with van der Waals surface area (Å²) >= 11 is 0. The van der Waals surface area contributed by atoms with Gasteiger partial charge in [0.05, 0.1) is 12.8 Å².